The van der Waals surface area contributed by atoms with E-state index in [1.165, 1.54) is 16.9 Å². The first kappa shape index (κ1) is 19.1. The van der Waals surface area contributed by atoms with Gasteiger partial charge in [-0.25, -0.2) is 4.98 Å². The molecule has 1 aliphatic carbocycles. The number of thioether (sulfide) groups is 1. The highest BCUT2D eigenvalue weighted by molar-refractivity contribution is 7.99. The molecule has 2 aliphatic heterocycles. The molecule has 0 N–H and O–H groups in total. The van der Waals surface area contributed by atoms with E-state index in [9.17, 15) is 4.79 Å². The molecule has 0 spiro atoms. The van der Waals surface area contributed by atoms with Crippen molar-refractivity contribution in [3.8, 4) is 0 Å². The molecule has 2 saturated heterocycles. The number of fused-ring (bicyclic) bond motifs is 3. The highest BCUT2D eigenvalue weighted by Crippen LogP contribution is 2.37. The molecule has 7 heteroatoms. The summed E-state index contributed by atoms with van der Waals surface area (Å²) >= 11 is 3.42. The van der Waals surface area contributed by atoms with Gasteiger partial charge in [0.1, 0.15) is 4.83 Å². The van der Waals surface area contributed by atoms with E-state index in [2.05, 4.69) is 6.92 Å². The molecule has 0 radical (unpaired) electrons. The minimum atomic E-state index is 0.133. The summed E-state index contributed by atoms with van der Waals surface area (Å²) in [6.07, 6.45) is 8.03. The first-order valence-electron chi connectivity index (χ1n) is 10.6. The Morgan fingerprint density at radius 1 is 1.18 bits per heavy atom. The van der Waals surface area contributed by atoms with Gasteiger partial charge in [-0.1, -0.05) is 18.7 Å². The Bertz CT molecular complexity index is 910. The van der Waals surface area contributed by atoms with Crippen molar-refractivity contribution in [2.24, 2.45) is 5.92 Å². The third-order valence-corrected chi connectivity index (χ3v) is 8.47. The highest BCUT2D eigenvalue weighted by Gasteiger charge is 2.27. The lowest BCUT2D eigenvalue weighted by atomic mass is 9.89. The monoisotopic (exact) mass is 420 g/mol. The Balaban J connectivity index is 1.53. The van der Waals surface area contributed by atoms with Crippen molar-refractivity contribution in [3.63, 3.8) is 0 Å². The van der Waals surface area contributed by atoms with E-state index in [0.717, 1.165) is 72.9 Å². The van der Waals surface area contributed by atoms with E-state index < -0.39 is 0 Å². The van der Waals surface area contributed by atoms with E-state index in [1.807, 2.05) is 4.57 Å². The Hall–Kier alpha value is -0.890. The number of rotatable bonds is 5. The van der Waals surface area contributed by atoms with Crippen LogP contribution < -0.4 is 5.56 Å². The first-order chi connectivity index (χ1) is 13.7. The third-order valence-electron chi connectivity index (χ3n) is 6.21. The maximum absolute atomic E-state index is 13.6. The number of ether oxygens (including phenoxy) is 2. The van der Waals surface area contributed by atoms with E-state index in [-0.39, 0.29) is 17.8 Å². The van der Waals surface area contributed by atoms with Crippen molar-refractivity contribution < 1.29 is 9.47 Å². The number of hydrogen-bond acceptors (Lipinski definition) is 6. The normalized spacial score (nSPS) is 27.5. The molecular weight excluding hydrogens is 392 g/mol. The van der Waals surface area contributed by atoms with Crippen molar-refractivity contribution >= 4 is 33.3 Å². The lowest BCUT2D eigenvalue weighted by Gasteiger charge is -2.18. The fourth-order valence-electron chi connectivity index (χ4n) is 4.61. The van der Waals surface area contributed by atoms with E-state index in [1.54, 1.807) is 23.1 Å². The lowest BCUT2D eigenvalue weighted by molar-refractivity contribution is 0.0937. The summed E-state index contributed by atoms with van der Waals surface area (Å²) in [7, 11) is 0. The van der Waals surface area contributed by atoms with Gasteiger partial charge in [0.15, 0.2) is 5.16 Å². The van der Waals surface area contributed by atoms with E-state index >= 15 is 0 Å². The summed E-state index contributed by atoms with van der Waals surface area (Å²) in [5, 5.41) is 1.72. The van der Waals surface area contributed by atoms with Gasteiger partial charge in [0.05, 0.1) is 24.1 Å². The van der Waals surface area contributed by atoms with Crippen LogP contribution >= 0.6 is 23.1 Å². The summed E-state index contributed by atoms with van der Waals surface area (Å²) in [6.45, 7) is 4.59. The average molecular weight is 421 g/mol. The molecular formula is C21H28N2O3S2. The van der Waals surface area contributed by atoms with Gasteiger partial charge in [-0.05, 0) is 56.4 Å². The molecule has 28 heavy (non-hydrogen) atoms. The van der Waals surface area contributed by atoms with Crippen molar-refractivity contribution in [1.82, 2.24) is 9.55 Å². The molecule has 152 valence electrons. The number of aromatic nitrogens is 2. The van der Waals surface area contributed by atoms with Gasteiger partial charge >= 0.3 is 0 Å². The molecule has 2 fully saturated rings. The molecule has 0 bridgehead atoms. The van der Waals surface area contributed by atoms with Gasteiger partial charge < -0.3 is 9.47 Å². The highest BCUT2D eigenvalue weighted by atomic mass is 32.2. The Morgan fingerprint density at radius 3 is 2.71 bits per heavy atom. The van der Waals surface area contributed by atoms with Crippen LogP contribution in [0, 0.1) is 5.92 Å². The number of thiophene rings is 1. The van der Waals surface area contributed by atoms with Crippen LogP contribution in [0.3, 0.4) is 0 Å². The van der Waals surface area contributed by atoms with Gasteiger partial charge in [0.25, 0.3) is 5.56 Å². The molecule has 0 aromatic carbocycles. The summed E-state index contributed by atoms with van der Waals surface area (Å²) in [5.41, 5.74) is 1.41. The molecule has 5 rings (SSSR count). The second-order valence-electron chi connectivity index (χ2n) is 8.42. The van der Waals surface area contributed by atoms with Crippen molar-refractivity contribution in [3.05, 3.63) is 20.8 Å². The quantitative estimate of drug-likeness (QED) is 0.540. The number of nitrogens with zero attached hydrogens (tertiary/aromatic N) is 2. The Kier molecular flexibility index (Phi) is 5.52. The average Bonchev–Trinajstić information content (AvgIpc) is 3.42. The molecule has 2 aromatic heterocycles. The molecule has 3 aliphatic rings. The van der Waals surface area contributed by atoms with Gasteiger partial charge in [0, 0.05) is 23.8 Å². The smallest absolute Gasteiger partial charge is 0.263 e. The van der Waals surface area contributed by atoms with Gasteiger partial charge in [-0.3, -0.25) is 9.36 Å². The molecule has 2 aromatic rings. The van der Waals surface area contributed by atoms with E-state index in [4.69, 9.17) is 14.5 Å². The molecule has 4 heterocycles. The molecule has 5 nitrogen and oxygen atoms in total. The van der Waals surface area contributed by atoms with Crippen LogP contribution in [0.1, 0.15) is 49.5 Å². The topological polar surface area (TPSA) is 53.4 Å². The van der Waals surface area contributed by atoms with Crippen molar-refractivity contribution in [2.45, 2.75) is 75.8 Å². The lowest BCUT2D eigenvalue weighted by Crippen LogP contribution is -2.29. The molecule has 0 amide bonds. The maximum Gasteiger partial charge on any atom is 0.263 e. The first-order valence-corrected chi connectivity index (χ1v) is 12.4. The second kappa shape index (κ2) is 8.09. The van der Waals surface area contributed by atoms with Gasteiger partial charge in [0.2, 0.25) is 0 Å². The minimum absolute atomic E-state index is 0.133. The van der Waals surface area contributed by atoms with Crippen molar-refractivity contribution in [2.75, 3.05) is 19.0 Å². The van der Waals surface area contributed by atoms with E-state index in [0.29, 0.717) is 12.5 Å². The van der Waals surface area contributed by atoms with Gasteiger partial charge in [-0.2, -0.15) is 0 Å². The molecule has 3 atom stereocenters. The van der Waals surface area contributed by atoms with Crippen LogP contribution in [0.4, 0.5) is 0 Å². The van der Waals surface area contributed by atoms with Crippen LogP contribution in [0.5, 0.6) is 0 Å². The fraction of sp³-hybridized carbons (Fsp3) is 0.714. The minimum Gasteiger partial charge on any atom is -0.377 e. The van der Waals surface area contributed by atoms with Gasteiger partial charge in [-0.15, -0.1) is 11.3 Å². The second-order valence-corrected chi connectivity index (χ2v) is 10.5. The summed E-state index contributed by atoms with van der Waals surface area (Å²) < 4.78 is 13.5. The zero-order valence-corrected chi connectivity index (χ0v) is 18.1. The number of aryl methyl sites for hydroxylation is 1. The standard InChI is InChI=1S/C21H28N2O3S2/c1-13-6-7-16-17(10-13)28-19-18(16)20(24)23(11-14-4-2-8-25-14)21(22-19)27-12-15-5-3-9-26-15/h13-15H,2-12H2,1H3/t13-,14+,15+/m1/s1. The zero-order chi connectivity index (χ0) is 19.1. The third kappa shape index (κ3) is 3.66. The number of hydrogen-bond donors (Lipinski definition) is 0. The fourth-order valence-corrected chi connectivity index (χ4v) is 7.11. The summed E-state index contributed by atoms with van der Waals surface area (Å²) in [4.78, 5) is 20.9. The van der Waals surface area contributed by atoms with Crippen molar-refractivity contribution in [1.29, 1.82) is 0 Å². The molecule has 0 saturated carbocycles. The zero-order valence-electron chi connectivity index (χ0n) is 16.4. The van der Waals surface area contributed by atoms with Crippen LogP contribution in [-0.4, -0.2) is 40.7 Å². The SMILES string of the molecule is C[C@@H]1CCc2c(sc3nc(SC[C@@H]4CCCO4)n(C[C@@H]4CCCO4)c(=O)c23)C1. The van der Waals surface area contributed by atoms with Crippen LogP contribution in [0.2, 0.25) is 0 Å². The van der Waals surface area contributed by atoms with Crippen LogP contribution in [-0.2, 0) is 28.9 Å². The Morgan fingerprint density at radius 2 is 1.96 bits per heavy atom. The molecule has 0 unspecified atom stereocenters. The van der Waals surface area contributed by atoms with Crippen LogP contribution in [0.15, 0.2) is 9.95 Å². The summed E-state index contributed by atoms with van der Waals surface area (Å²) in [6, 6.07) is 0. The van der Waals surface area contributed by atoms with Crippen LogP contribution in [0.25, 0.3) is 10.2 Å². The predicted octanol–water partition coefficient (Wildman–Crippen LogP) is 4.03. The predicted molar refractivity (Wildman–Crippen MR) is 114 cm³/mol. The maximum atomic E-state index is 13.6. The largest absolute Gasteiger partial charge is 0.377 e. The summed E-state index contributed by atoms with van der Waals surface area (Å²) in [5.74, 6) is 1.56. The Labute approximate surface area is 173 Å².